The van der Waals surface area contributed by atoms with Gasteiger partial charge in [0, 0.05) is 30.8 Å². The molecule has 1 N–H and O–H groups in total. The largest absolute Gasteiger partial charge is 0.347 e. The fraction of sp³-hybridized carbons (Fsp3) is 0.526. The van der Waals surface area contributed by atoms with Crippen molar-refractivity contribution in [2.75, 3.05) is 6.54 Å². The van der Waals surface area contributed by atoms with Crippen LogP contribution in [0.15, 0.2) is 31.0 Å². The lowest BCUT2D eigenvalue weighted by molar-refractivity contribution is -0.129. The smallest absolute Gasteiger partial charge is 0.251 e. The molecule has 0 aromatic carbocycles. The van der Waals surface area contributed by atoms with E-state index in [1.807, 2.05) is 4.90 Å². The van der Waals surface area contributed by atoms with Crippen LogP contribution in [0, 0.1) is 0 Å². The molecule has 2 aliphatic rings. The highest BCUT2D eigenvalue weighted by Crippen LogP contribution is 2.26. The van der Waals surface area contributed by atoms with Gasteiger partial charge in [-0.3, -0.25) is 14.2 Å². The summed E-state index contributed by atoms with van der Waals surface area (Å²) in [6.07, 6.45) is 12.1. The van der Waals surface area contributed by atoms with Crippen LogP contribution in [0.2, 0.25) is 0 Å². The van der Waals surface area contributed by atoms with Gasteiger partial charge in [0.1, 0.15) is 18.5 Å². The van der Waals surface area contributed by atoms with Crippen molar-refractivity contribution in [2.24, 2.45) is 0 Å². The molecule has 0 spiro atoms. The van der Waals surface area contributed by atoms with Crippen LogP contribution in [0.4, 0.5) is 0 Å². The highest BCUT2D eigenvalue weighted by molar-refractivity contribution is 5.95. The first-order valence-corrected chi connectivity index (χ1v) is 9.62. The summed E-state index contributed by atoms with van der Waals surface area (Å²) in [5.74, 6) is 0.551. The minimum absolute atomic E-state index is 0.139. The summed E-state index contributed by atoms with van der Waals surface area (Å²) in [6, 6.07) is 3.56. The molecule has 2 aromatic heterocycles. The molecule has 1 saturated heterocycles. The van der Waals surface area contributed by atoms with Gasteiger partial charge in [0.15, 0.2) is 0 Å². The van der Waals surface area contributed by atoms with Crippen LogP contribution in [0.1, 0.15) is 55.3 Å². The predicted octanol–water partition coefficient (Wildman–Crippen LogP) is 1.72. The molecule has 1 aliphatic carbocycles. The number of carbonyl (C=O) groups is 2. The molecule has 1 unspecified atom stereocenters. The van der Waals surface area contributed by atoms with E-state index in [1.54, 1.807) is 22.9 Å². The lowest BCUT2D eigenvalue weighted by atomic mass is 10.1. The van der Waals surface area contributed by atoms with E-state index in [2.05, 4.69) is 20.5 Å². The highest BCUT2D eigenvalue weighted by Gasteiger charge is 2.35. The molecule has 2 aromatic rings. The normalized spacial score (nSPS) is 21.3. The number of rotatable bonds is 4. The van der Waals surface area contributed by atoms with E-state index in [4.69, 9.17) is 0 Å². The number of hydrogen-bond donors (Lipinski definition) is 1. The molecule has 8 heteroatoms. The quantitative estimate of drug-likeness (QED) is 0.830. The van der Waals surface area contributed by atoms with Gasteiger partial charge in [-0.2, -0.15) is 0 Å². The summed E-state index contributed by atoms with van der Waals surface area (Å²) >= 11 is 0. The van der Waals surface area contributed by atoms with E-state index < -0.39 is 0 Å². The topological polar surface area (TPSA) is 93.0 Å². The first-order chi connectivity index (χ1) is 13.2. The number of hydrogen-bond acceptors (Lipinski definition) is 5. The molecule has 1 aliphatic heterocycles. The maximum atomic E-state index is 12.7. The Morgan fingerprint density at radius 2 is 1.85 bits per heavy atom. The minimum atomic E-state index is -0.188. The van der Waals surface area contributed by atoms with Gasteiger partial charge in [0.2, 0.25) is 5.91 Å². The van der Waals surface area contributed by atoms with Gasteiger partial charge in [-0.05, 0) is 25.0 Å². The van der Waals surface area contributed by atoms with Crippen LogP contribution in [-0.4, -0.2) is 55.1 Å². The second-order valence-electron chi connectivity index (χ2n) is 7.34. The summed E-state index contributed by atoms with van der Waals surface area (Å²) in [5, 5.41) is 10.5. The third-order valence-electron chi connectivity index (χ3n) is 5.45. The van der Waals surface area contributed by atoms with Crippen molar-refractivity contribution < 1.29 is 9.59 Å². The molecule has 1 atom stereocenters. The third-order valence-corrected chi connectivity index (χ3v) is 5.45. The number of nitrogens with zero attached hydrogens (tertiary/aromatic N) is 5. The summed E-state index contributed by atoms with van der Waals surface area (Å²) in [5.41, 5.74) is 0.508. The first kappa shape index (κ1) is 17.6. The summed E-state index contributed by atoms with van der Waals surface area (Å²) in [4.78, 5) is 31.4. The standard InChI is InChI=1S/C19H24N6O2/c26-18-10-15(11-25(18)16-5-3-1-2-4-6-16)23-19(27)14-7-8-20-17(9-14)24-12-21-22-13-24/h7-9,12-13,15-16H,1-6,10-11H2,(H,23,27). The Balaban J connectivity index is 1.40. The molecule has 2 fully saturated rings. The zero-order valence-corrected chi connectivity index (χ0v) is 15.3. The van der Waals surface area contributed by atoms with Crippen LogP contribution in [0.3, 0.4) is 0 Å². The number of pyridine rings is 1. The minimum Gasteiger partial charge on any atom is -0.347 e. The van der Waals surface area contributed by atoms with E-state index in [9.17, 15) is 9.59 Å². The number of likely N-dealkylation sites (tertiary alicyclic amines) is 1. The SMILES string of the molecule is O=C(NC1CC(=O)N(C2CCCCCC2)C1)c1ccnc(-n2cnnc2)c1. The van der Waals surface area contributed by atoms with Crippen LogP contribution in [0.25, 0.3) is 5.82 Å². The number of nitrogens with one attached hydrogen (secondary N) is 1. The van der Waals surface area contributed by atoms with E-state index in [0.717, 1.165) is 12.8 Å². The predicted molar refractivity (Wildman–Crippen MR) is 98.2 cm³/mol. The van der Waals surface area contributed by atoms with Gasteiger partial charge < -0.3 is 10.2 Å². The van der Waals surface area contributed by atoms with E-state index >= 15 is 0 Å². The fourth-order valence-electron chi connectivity index (χ4n) is 4.04. The van der Waals surface area contributed by atoms with E-state index in [-0.39, 0.29) is 17.9 Å². The maximum Gasteiger partial charge on any atom is 0.251 e. The molecule has 4 rings (SSSR count). The number of carbonyl (C=O) groups excluding carboxylic acids is 2. The van der Waals surface area contributed by atoms with Crippen molar-refractivity contribution in [3.8, 4) is 5.82 Å². The number of aromatic nitrogens is 4. The molecule has 0 radical (unpaired) electrons. The van der Waals surface area contributed by atoms with Crippen molar-refractivity contribution in [2.45, 2.75) is 57.0 Å². The lowest BCUT2D eigenvalue weighted by Gasteiger charge is -2.27. The van der Waals surface area contributed by atoms with Crippen LogP contribution >= 0.6 is 0 Å². The fourth-order valence-corrected chi connectivity index (χ4v) is 4.04. The monoisotopic (exact) mass is 368 g/mol. The Bertz CT molecular complexity index is 798. The van der Waals surface area contributed by atoms with Crippen molar-refractivity contribution in [3.05, 3.63) is 36.5 Å². The van der Waals surface area contributed by atoms with Crippen molar-refractivity contribution in [1.29, 1.82) is 0 Å². The Morgan fingerprint density at radius 1 is 1.11 bits per heavy atom. The van der Waals surface area contributed by atoms with Gasteiger partial charge >= 0.3 is 0 Å². The lowest BCUT2D eigenvalue weighted by Crippen LogP contribution is -2.40. The molecule has 8 nitrogen and oxygen atoms in total. The first-order valence-electron chi connectivity index (χ1n) is 9.62. The van der Waals surface area contributed by atoms with Gasteiger partial charge in [-0.25, -0.2) is 4.98 Å². The van der Waals surface area contributed by atoms with E-state index in [0.29, 0.717) is 30.4 Å². The van der Waals surface area contributed by atoms with Crippen molar-refractivity contribution in [1.82, 2.24) is 30.0 Å². The summed E-state index contributed by atoms with van der Waals surface area (Å²) in [7, 11) is 0. The van der Waals surface area contributed by atoms with Gasteiger partial charge in [-0.15, -0.1) is 10.2 Å². The zero-order chi connectivity index (χ0) is 18.6. The van der Waals surface area contributed by atoms with E-state index in [1.165, 1.54) is 38.3 Å². The van der Waals surface area contributed by atoms with Gasteiger partial charge in [0.05, 0.1) is 6.04 Å². The summed E-state index contributed by atoms with van der Waals surface area (Å²) < 4.78 is 1.64. The van der Waals surface area contributed by atoms with Gasteiger partial charge in [-0.1, -0.05) is 25.7 Å². The summed E-state index contributed by atoms with van der Waals surface area (Å²) in [6.45, 7) is 0.610. The molecular formula is C19H24N6O2. The molecule has 0 bridgehead atoms. The van der Waals surface area contributed by atoms with Crippen molar-refractivity contribution >= 4 is 11.8 Å². The number of amides is 2. The van der Waals surface area contributed by atoms with Crippen LogP contribution in [0.5, 0.6) is 0 Å². The van der Waals surface area contributed by atoms with Crippen LogP contribution < -0.4 is 5.32 Å². The maximum absolute atomic E-state index is 12.7. The molecule has 2 amide bonds. The zero-order valence-electron chi connectivity index (χ0n) is 15.3. The second-order valence-corrected chi connectivity index (χ2v) is 7.34. The Labute approximate surface area is 158 Å². The molecule has 1 saturated carbocycles. The second kappa shape index (κ2) is 7.85. The molecule has 142 valence electrons. The highest BCUT2D eigenvalue weighted by atomic mass is 16.2. The Morgan fingerprint density at radius 3 is 2.59 bits per heavy atom. The molecular weight excluding hydrogens is 344 g/mol. The average Bonchev–Trinajstić information content (AvgIpc) is 3.25. The molecule has 3 heterocycles. The Kier molecular flexibility index (Phi) is 5.13. The van der Waals surface area contributed by atoms with Crippen LogP contribution in [-0.2, 0) is 4.79 Å². The third kappa shape index (κ3) is 3.99. The van der Waals surface area contributed by atoms with Gasteiger partial charge in [0.25, 0.3) is 5.91 Å². The molecule has 27 heavy (non-hydrogen) atoms. The van der Waals surface area contributed by atoms with Crippen molar-refractivity contribution in [3.63, 3.8) is 0 Å². The average molecular weight is 368 g/mol. The Hall–Kier alpha value is -2.77.